The van der Waals surface area contributed by atoms with Crippen LogP contribution in [-0.2, 0) is 14.3 Å². The first kappa shape index (κ1) is 9.52. The lowest BCUT2D eigenvalue weighted by atomic mass is 10.2. The molecule has 1 aliphatic rings. The minimum Gasteiger partial charge on any atom is -0.459 e. The van der Waals surface area contributed by atoms with Crippen LogP contribution in [-0.4, -0.2) is 24.8 Å². The second-order valence-electron chi connectivity index (χ2n) is 3.49. The highest BCUT2D eigenvalue weighted by Crippen LogP contribution is 2.17. The van der Waals surface area contributed by atoms with Gasteiger partial charge in [0, 0.05) is 6.42 Å². The van der Waals surface area contributed by atoms with Gasteiger partial charge in [-0.2, -0.15) is 0 Å². The largest absolute Gasteiger partial charge is 0.459 e. The van der Waals surface area contributed by atoms with Crippen molar-refractivity contribution < 1.29 is 14.3 Å². The molecule has 0 N–H and O–H groups in total. The van der Waals surface area contributed by atoms with Gasteiger partial charge in [0.15, 0.2) is 0 Å². The molecule has 2 atom stereocenters. The van der Waals surface area contributed by atoms with Crippen molar-refractivity contribution in [1.82, 2.24) is 0 Å². The van der Waals surface area contributed by atoms with Crippen molar-refractivity contribution in [3.05, 3.63) is 0 Å². The normalized spacial score (nSPS) is 29.3. The summed E-state index contributed by atoms with van der Waals surface area (Å²) in [5, 5.41) is 0. The predicted octanol–water partition coefficient (Wildman–Crippen LogP) is 1.36. The van der Waals surface area contributed by atoms with E-state index in [1.165, 1.54) is 0 Å². The van der Waals surface area contributed by atoms with E-state index in [0.29, 0.717) is 6.61 Å². The Bertz CT molecular complexity index is 165. The number of esters is 1. The van der Waals surface area contributed by atoms with E-state index in [9.17, 15) is 4.79 Å². The molecule has 1 heterocycles. The average molecular weight is 172 g/mol. The smallest absolute Gasteiger partial charge is 0.308 e. The Morgan fingerprint density at radius 2 is 2.25 bits per heavy atom. The van der Waals surface area contributed by atoms with Crippen LogP contribution >= 0.6 is 0 Å². The van der Waals surface area contributed by atoms with Crippen LogP contribution in [0.25, 0.3) is 0 Å². The second kappa shape index (κ2) is 3.90. The summed E-state index contributed by atoms with van der Waals surface area (Å²) in [6, 6.07) is 0. The average Bonchev–Trinajstić information content (AvgIpc) is 2.36. The van der Waals surface area contributed by atoms with Gasteiger partial charge in [0.2, 0.25) is 0 Å². The Hall–Kier alpha value is -0.570. The van der Waals surface area contributed by atoms with Crippen molar-refractivity contribution in [2.45, 2.75) is 39.4 Å². The lowest BCUT2D eigenvalue weighted by Gasteiger charge is -2.16. The highest BCUT2D eigenvalue weighted by atomic mass is 16.6. The number of carbonyl (C=O) groups excluding carboxylic acids is 1. The molecule has 0 radical (unpaired) electrons. The van der Waals surface area contributed by atoms with Crippen LogP contribution in [0, 0.1) is 5.92 Å². The molecule has 0 aliphatic carbocycles. The molecule has 1 fully saturated rings. The van der Waals surface area contributed by atoms with Crippen molar-refractivity contribution in [3.8, 4) is 0 Å². The highest BCUT2D eigenvalue weighted by molar-refractivity contribution is 5.71. The molecule has 1 saturated heterocycles. The van der Waals surface area contributed by atoms with Crippen LogP contribution in [0.3, 0.4) is 0 Å². The highest BCUT2D eigenvalue weighted by Gasteiger charge is 2.28. The first-order valence-corrected chi connectivity index (χ1v) is 4.43. The summed E-state index contributed by atoms with van der Waals surface area (Å²) in [7, 11) is 0. The van der Waals surface area contributed by atoms with Crippen molar-refractivity contribution >= 4 is 5.97 Å². The van der Waals surface area contributed by atoms with Gasteiger partial charge in [-0.25, -0.2) is 0 Å². The van der Waals surface area contributed by atoms with Gasteiger partial charge in [-0.1, -0.05) is 13.8 Å². The van der Waals surface area contributed by atoms with Crippen molar-refractivity contribution in [1.29, 1.82) is 0 Å². The lowest BCUT2D eigenvalue weighted by Crippen LogP contribution is -2.26. The molecule has 1 aliphatic heterocycles. The third-order valence-electron chi connectivity index (χ3n) is 2.05. The van der Waals surface area contributed by atoms with Gasteiger partial charge in [-0.3, -0.25) is 4.79 Å². The molecule has 0 amide bonds. The van der Waals surface area contributed by atoms with Crippen LogP contribution < -0.4 is 0 Å². The van der Waals surface area contributed by atoms with Crippen LogP contribution in [0.2, 0.25) is 0 Å². The lowest BCUT2D eigenvalue weighted by molar-refractivity contribution is -0.155. The zero-order chi connectivity index (χ0) is 9.14. The van der Waals surface area contributed by atoms with Gasteiger partial charge in [-0.15, -0.1) is 0 Å². The summed E-state index contributed by atoms with van der Waals surface area (Å²) in [5.74, 6) is -0.171. The Morgan fingerprint density at radius 3 is 2.67 bits per heavy atom. The van der Waals surface area contributed by atoms with Crippen LogP contribution in [0.4, 0.5) is 0 Å². The van der Waals surface area contributed by atoms with Gasteiger partial charge >= 0.3 is 5.97 Å². The summed E-state index contributed by atoms with van der Waals surface area (Å²) >= 11 is 0. The molecule has 3 nitrogen and oxygen atoms in total. The van der Waals surface area contributed by atoms with Crippen molar-refractivity contribution in [2.75, 3.05) is 6.61 Å². The monoisotopic (exact) mass is 172 g/mol. The SMILES string of the molecule is CC(C)C(=O)OC1CCOC1C. The standard InChI is InChI=1S/C9H16O3/c1-6(2)9(10)12-8-4-5-11-7(8)3/h6-8H,4-5H2,1-3H3. The van der Waals surface area contributed by atoms with Crippen LogP contribution in [0.5, 0.6) is 0 Å². The topological polar surface area (TPSA) is 35.5 Å². The summed E-state index contributed by atoms with van der Waals surface area (Å²) in [5.41, 5.74) is 0. The molecule has 0 spiro atoms. The maximum absolute atomic E-state index is 11.2. The zero-order valence-corrected chi connectivity index (χ0v) is 7.87. The number of rotatable bonds is 2. The first-order chi connectivity index (χ1) is 5.61. The quantitative estimate of drug-likeness (QED) is 0.590. The molecular weight excluding hydrogens is 156 g/mol. The van der Waals surface area contributed by atoms with E-state index in [0.717, 1.165) is 6.42 Å². The molecule has 0 bridgehead atoms. The molecule has 70 valence electrons. The number of ether oxygens (including phenoxy) is 2. The van der Waals surface area contributed by atoms with E-state index >= 15 is 0 Å². The minimum absolute atomic E-state index is 0.0279. The van der Waals surface area contributed by atoms with Crippen LogP contribution in [0.15, 0.2) is 0 Å². The Kier molecular flexibility index (Phi) is 3.09. The van der Waals surface area contributed by atoms with Gasteiger partial charge < -0.3 is 9.47 Å². The van der Waals surface area contributed by atoms with E-state index in [4.69, 9.17) is 9.47 Å². The third kappa shape index (κ3) is 2.21. The Labute approximate surface area is 73.0 Å². The molecule has 0 aromatic carbocycles. The van der Waals surface area contributed by atoms with E-state index < -0.39 is 0 Å². The van der Waals surface area contributed by atoms with E-state index in [1.807, 2.05) is 20.8 Å². The maximum atomic E-state index is 11.2. The Morgan fingerprint density at radius 1 is 1.58 bits per heavy atom. The summed E-state index contributed by atoms with van der Waals surface area (Å²) in [6.45, 7) is 6.31. The van der Waals surface area contributed by atoms with Crippen molar-refractivity contribution in [3.63, 3.8) is 0 Å². The van der Waals surface area contributed by atoms with Gasteiger partial charge in [0.1, 0.15) is 6.10 Å². The molecule has 1 rings (SSSR count). The van der Waals surface area contributed by atoms with Crippen molar-refractivity contribution in [2.24, 2.45) is 5.92 Å². The molecule has 12 heavy (non-hydrogen) atoms. The summed E-state index contributed by atoms with van der Waals surface area (Å²) in [6.07, 6.45) is 0.868. The first-order valence-electron chi connectivity index (χ1n) is 4.43. The third-order valence-corrected chi connectivity index (χ3v) is 2.05. The van der Waals surface area contributed by atoms with Gasteiger partial charge in [-0.05, 0) is 6.92 Å². The number of carbonyl (C=O) groups is 1. The fraction of sp³-hybridized carbons (Fsp3) is 0.889. The summed E-state index contributed by atoms with van der Waals surface area (Å²) < 4.78 is 10.5. The fourth-order valence-corrected chi connectivity index (χ4v) is 1.15. The number of hydrogen-bond acceptors (Lipinski definition) is 3. The van der Waals surface area contributed by atoms with Gasteiger partial charge in [0.25, 0.3) is 0 Å². The van der Waals surface area contributed by atoms with Crippen LogP contribution in [0.1, 0.15) is 27.2 Å². The molecule has 3 heteroatoms. The Balaban J connectivity index is 2.35. The minimum atomic E-state index is -0.127. The van der Waals surface area contributed by atoms with Gasteiger partial charge in [0.05, 0.1) is 18.6 Å². The molecule has 0 aromatic heterocycles. The fourth-order valence-electron chi connectivity index (χ4n) is 1.15. The molecule has 0 saturated carbocycles. The maximum Gasteiger partial charge on any atom is 0.308 e. The zero-order valence-electron chi connectivity index (χ0n) is 7.87. The summed E-state index contributed by atoms with van der Waals surface area (Å²) in [4.78, 5) is 11.2. The molecular formula is C9H16O3. The molecule has 2 unspecified atom stereocenters. The number of hydrogen-bond donors (Lipinski definition) is 0. The molecule has 0 aromatic rings. The van der Waals surface area contributed by atoms with E-state index in [-0.39, 0.29) is 24.1 Å². The predicted molar refractivity (Wildman–Crippen MR) is 44.7 cm³/mol. The second-order valence-corrected chi connectivity index (χ2v) is 3.49. The van der Waals surface area contributed by atoms with E-state index in [2.05, 4.69) is 0 Å². The van der Waals surface area contributed by atoms with E-state index in [1.54, 1.807) is 0 Å².